The Kier molecular flexibility index (Phi) is 11.9. The largest absolute Gasteiger partial charge is 1.00 e. The molecule has 0 unspecified atom stereocenters. The van der Waals surface area contributed by atoms with Gasteiger partial charge in [0.25, 0.3) is 0 Å². The Hall–Kier alpha value is -1.00. The number of nitrogens with zero attached hydrogens (tertiary/aromatic N) is 2. The number of fused-ring (bicyclic) bond motifs is 1. The topological polar surface area (TPSA) is 27.0 Å². The fourth-order valence-corrected chi connectivity index (χ4v) is 0.836. The van der Waals surface area contributed by atoms with Crippen molar-refractivity contribution in [1.29, 1.82) is 0 Å². The van der Waals surface area contributed by atoms with Gasteiger partial charge >= 0.3 is 33.9 Å². The van der Waals surface area contributed by atoms with E-state index in [1.165, 1.54) is 0 Å². The zero-order valence-electron chi connectivity index (χ0n) is 9.20. The van der Waals surface area contributed by atoms with Crippen molar-refractivity contribution in [3.8, 4) is 0 Å². The molecule has 0 aliphatic heterocycles. The van der Waals surface area contributed by atoms with Gasteiger partial charge in [-0.05, 0) is 11.0 Å². The Morgan fingerprint density at radius 3 is 1.78 bits per heavy atom. The molecule has 18 heavy (non-hydrogen) atoms. The third kappa shape index (κ3) is 11.5. The maximum Gasteiger partial charge on any atom is 1.00 e. The first-order chi connectivity index (χ1) is 7.93. The quantitative estimate of drug-likeness (QED) is 0.490. The number of halogens is 6. The van der Waals surface area contributed by atoms with E-state index in [0.29, 0.717) is 0 Å². The molecule has 2 rings (SSSR count). The van der Waals surface area contributed by atoms with E-state index in [1.54, 1.807) is 6.33 Å². The van der Waals surface area contributed by atoms with E-state index in [4.69, 9.17) is 0 Å². The molecule has 11 heteroatoms. The molecule has 1 heterocycles. The first-order valence-corrected chi connectivity index (χ1v) is 4.10. The predicted octanol–water partition coefficient (Wildman–Crippen LogP) is -0.0444. The van der Waals surface area contributed by atoms with Crippen LogP contribution in [0.3, 0.4) is 0 Å². The minimum atomic E-state index is -3.67. The van der Waals surface area contributed by atoms with Crippen molar-refractivity contribution in [3.63, 3.8) is 0 Å². The molecule has 0 bridgehead atoms. The summed E-state index contributed by atoms with van der Waals surface area (Å²) in [5, 5.41) is 0. The van der Waals surface area contributed by atoms with Crippen LogP contribution < -0.4 is 23.8 Å². The third-order valence-electron chi connectivity index (χ3n) is 1.28. The summed E-state index contributed by atoms with van der Waals surface area (Å²) in [7, 11) is -7.33. The summed E-state index contributed by atoms with van der Waals surface area (Å²) in [6, 6.07) is 7.80. The van der Waals surface area contributed by atoms with Crippen molar-refractivity contribution in [2.75, 3.05) is 0 Å². The fraction of sp³-hybridized carbons (Fsp3) is 0. The number of rotatable bonds is 0. The molecule has 0 fully saturated rings. The minimum absolute atomic E-state index is 0. The van der Waals surface area contributed by atoms with Gasteiger partial charge in [0.2, 0.25) is 0 Å². The number of para-hydroxylation sites is 2. The number of hydrogen-bond acceptors (Lipinski definition) is 1. The molecule has 0 aliphatic carbocycles. The Bertz CT molecular complexity index is 374. The van der Waals surface area contributed by atoms with E-state index in [9.17, 15) is 25.9 Å². The zero-order valence-corrected chi connectivity index (χ0v) is 9.20. The molecule has 0 atom stereocenters. The molecule has 0 radical (unpaired) electrons. The van der Waals surface area contributed by atoms with Gasteiger partial charge in [0.05, 0.1) is 0 Å². The molecular formula is C7H5B2F6LiN2. The second-order valence-corrected chi connectivity index (χ2v) is 2.36. The Morgan fingerprint density at radius 1 is 0.889 bits per heavy atom. The second kappa shape index (κ2) is 11.1. The van der Waals surface area contributed by atoms with Crippen molar-refractivity contribution in [2.45, 2.75) is 0 Å². The van der Waals surface area contributed by atoms with Gasteiger partial charge in [0, 0.05) is 0 Å². The summed E-state index contributed by atoms with van der Waals surface area (Å²) in [5.41, 5.74) is 1.94. The molecule has 0 spiro atoms. The van der Waals surface area contributed by atoms with Crippen molar-refractivity contribution < 1.29 is 44.8 Å². The van der Waals surface area contributed by atoms with Crippen LogP contribution >= 0.6 is 0 Å². The van der Waals surface area contributed by atoms with E-state index in [1.807, 2.05) is 24.3 Å². The van der Waals surface area contributed by atoms with Crippen LogP contribution in [0.1, 0.15) is 0 Å². The molecule has 2 nitrogen and oxygen atoms in total. The SMILES string of the molecule is FB(F)F.FB(F)F.[Li+].c1ccc2[n-]cnc2c1. The maximum atomic E-state index is 9.67. The van der Waals surface area contributed by atoms with Crippen LogP contribution in [0.5, 0.6) is 0 Å². The summed E-state index contributed by atoms with van der Waals surface area (Å²) >= 11 is 0. The molecule has 0 saturated heterocycles. The molecular weight excluding hydrogens is 255 g/mol. The third-order valence-corrected chi connectivity index (χ3v) is 1.28. The Labute approximate surface area is 112 Å². The molecule has 0 N–H and O–H groups in total. The first kappa shape index (κ1) is 19.3. The van der Waals surface area contributed by atoms with Crippen LogP contribution in [-0.2, 0) is 0 Å². The van der Waals surface area contributed by atoms with Crippen molar-refractivity contribution in [3.05, 3.63) is 30.6 Å². The van der Waals surface area contributed by atoms with Crippen molar-refractivity contribution in [2.24, 2.45) is 0 Å². The summed E-state index contributed by atoms with van der Waals surface area (Å²) in [5.74, 6) is 0. The van der Waals surface area contributed by atoms with Crippen molar-refractivity contribution >= 4 is 26.1 Å². The summed E-state index contributed by atoms with van der Waals surface area (Å²) in [6.07, 6.45) is 1.57. The van der Waals surface area contributed by atoms with Crippen LogP contribution in [0, 0.1) is 0 Å². The van der Waals surface area contributed by atoms with Crippen LogP contribution in [-0.4, -0.2) is 20.1 Å². The monoisotopic (exact) mass is 260 g/mol. The smallest absolute Gasteiger partial charge is 0.443 e. The molecule has 92 valence electrons. The normalized spacial score (nSPS) is 8.11. The fourth-order valence-electron chi connectivity index (χ4n) is 0.836. The standard InChI is InChI=1S/C7H5N2.2BF3.Li/c1-2-4-7-6(3-1)8-5-9-7;2*2-1(3)4;/h1-5H;;;/q-1;;;+1. The van der Waals surface area contributed by atoms with E-state index < -0.39 is 15.1 Å². The molecule has 0 amide bonds. The molecule has 0 saturated carbocycles. The van der Waals surface area contributed by atoms with Crippen LogP contribution in [0.25, 0.3) is 11.0 Å². The summed E-state index contributed by atoms with van der Waals surface area (Å²) in [4.78, 5) is 8.02. The first-order valence-electron chi connectivity index (χ1n) is 4.10. The molecule has 1 aromatic heterocycles. The average Bonchev–Trinajstić information content (AvgIpc) is 2.62. The molecule has 2 aromatic rings. The van der Waals surface area contributed by atoms with E-state index >= 15 is 0 Å². The number of benzene rings is 1. The summed E-state index contributed by atoms with van der Waals surface area (Å²) < 4.78 is 58.0. The van der Waals surface area contributed by atoms with Gasteiger partial charge in [-0.15, -0.1) is 0 Å². The maximum absolute atomic E-state index is 9.67. The average molecular weight is 260 g/mol. The number of imidazole rings is 1. The van der Waals surface area contributed by atoms with Crippen LogP contribution in [0.4, 0.5) is 25.9 Å². The van der Waals surface area contributed by atoms with Crippen LogP contribution in [0.15, 0.2) is 30.6 Å². The number of hydrogen-bond donors (Lipinski definition) is 0. The molecule has 1 aromatic carbocycles. The van der Waals surface area contributed by atoms with Gasteiger partial charge in [-0.25, -0.2) is 0 Å². The van der Waals surface area contributed by atoms with Gasteiger partial charge in [-0.2, -0.15) is 0 Å². The zero-order chi connectivity index (χ0) is 13.3. The van der Waals surface area contributed by atoms with Gasteiger partial charge in [0.1, 0.15) is 0 Å². The summed E-state index contributed by atoms with van der Waals surface area (Å²) in [6.45, 7) is 0. The van der Waals surface area contributed by atoms with E-state index in [2.05, 4.69) is 9.97 Å². The van der Waals surface area contributed by atoms with Gasteiger partial charge in [-0.1, -0.05) is 30.6 Å². The minimum Gasteiger partial charge on any atom is -0.443 e. The number of aromatic nitrogens is 2. The van der Waals surface area contributed by atoms with Crippen molar-refractivity contribution in [1.82, 2.24) is 9.97 Å². The van der Waals surface area contributed by atoms with E-state index in [0.717, 1.165) is 11.0 Å². The van der Waals surface area contributed by atoms with Crippen LogP contribution in [0.2, 0.25) is 0 Å². The predicted molar refractivity (Wildman–Crippen MR) is 53.2 cm³/mol. The Balaban J connectivity index is 0. The Morgan fingerprint density at radius 2 is 1.33 bits per heavy atom. The van der Waals surface area contributed by atoms with Gasteiger partial charge in [0.15, 0.2) is 0 Å². The molecule has 0 aliphatic rings. The van der Waals surface area contributed by atoms with Gasteiger partial charge < -0.3 is 9.97 Å². The van der Waals surface area contributed by atoms with Gasteiger partial charge in [-0.3, -0.25) is 25.9 Å². The van der Waals surface area contributed by atoms with E-state index in [-0.39, 0.29) is 18.9 Å². The second-order valence-electron chi connectivity index (χ2n) is 2.36.